The van der Waals surface area contributed by atoms with Gasteiger partial charge in [0.15, 0.2) is 0 Å². The predicted molar refractivity (Wildman–Crippen MR) is 68.8 cm³/mol. The highest BCUT2D eigenvalue weighted by Gasteiger charge is 2.29. The quantitative estimate of drug-likeness (QED) is 0.410. The zero-order valence-corrected chi connectivity index (χ0v) is 10.9. The molecule has 0 aliphatic carbocycles. The Morgan fingerprint density at radius 1 is 1.21 bits per heavy atom. The summed E-state index contributed by atoms with van der Waals surface area (Å²) in [6, 6.07) is 3.34. The van der Waals surface area contributed by atoms with Gasteiger partial charge < -0.3 is 26.0 Å². The Hall–Kier alpha value is -1.48. The topological polar surface area (TPSA) is 119 Å². The molecule has 0 aliphatic rings. The smallest absolute Gasteiger partial charge is 0.261 e. The fourth-order valence-corrected chi connectivity index (χ4v) is 1.90. The van der Waals surface area contributed by atoms with Crippen molar-refractivity contribution >= 4 is 23.2 Å². The molecule has 0 unspecified atom stereocenters. The second-order valence-electron chi connectivity index (χ2n) is 3.96. The van der Waals surface area contributed by atoms with Crippen LogP contribution in [0, 0.1) is 0 Å². The second-order valence-corrected chi connectivity index (χ2v) is 4.91. The van der Waals surface area contributed by atoms with Gasteiger partial charge in [-0.25, -0.2) is 0 Å². The molecule has 1 aromatic heterocycles. The van der Waals surface area contributed by atoms with Gasteiger partial charge >= 0.3 is 0 Å². The normalized spacial score (nSPS) is 11.1. The van der Waals surface area contributed by atoms with Crippen LogP contribution in [0.15, 0.2) is 17.5 Å². The van der Waals surface area contributed by atoms with Gasteiger partial charge in [-0.3, -0.25) is 9.59 Å². The molecule has 106 valence electrons. The van der Waals surface area contributed by atoms with Crippen molar-refractivity contribution in [2.24, 2.45) is 0 Å². The summed E-state index contributed by atoms with van der Waals surface area (Å²) in [5.74, 6) is -0.991. The molecular weight excluding hydrogens is 272 g/mol. The van der Waals surface area contributed by atoms with E-state index in [0.29, 0.717) is 4.88 Å². The third-order valence-corrected chi connectivity index (χ3v) is 3.34. The van der Waals surface area contributed by atoms with Crippen molar-refractivity contribution < 1.29 is 24.9 Å². The van der Waals surface area contributed by atoms with Crippen molar-refractivity contribution in [3.05, 3.63) is 22.4 Å². The molecular formula is C11H16N2O5S. The number of nitrogens with one attached hydrogen (secondary N) is 2. The molecule has 7 nitrogen and oxygen atoms in total. The van der Waals surface area contributed by atoms with Crippen molar-refractivity contribution in [1.29, 1.82) is 0 Å². The van der Waals surface area contributed by atoms with Gasteiger partial charge in [0.1, 0.15) is 5.54 Å². The summed E-state index contributed by atoms with van der Waals surface area (Å²) in [6.45, 7) is -2.13. The van der Waals surface area contributed by atoms with E-state index in [0.717, 1.165) is 0 Å². The molecule has 0 radical (unpaired) electrons. The SMILES string of the molecule is O=C(CNC(=O)c1cccs1)NC(CO)(CO)CO. The third kappa shape index (κ3) is 4.28. The second kappa shape index (κ2) is 7.19. The van der Waals surface area contributed by atoms with E-state index < -0.39 is 31.3 Å². The zero-order valence-electron chi connectivity index (χ0n) is 10.1. The number of amides is 2. The van der Waals surface area contributed by atoms with Crippen molar-refractivity contribution in [2.45, 2.75) is 5.54 Å². The Morgan fingerprint density at radius 3 is 2.32 bits per heavy atom. The molecule has 0 aliphatic heterocycles. The number of hydrogen-bond acceptors (Lipinski definition) is 6. The summed E-state index contributed by atoms with van der Waals surface area (Å²) in [7, 11) is 0. The average Bonchev–Trinajstić information content (AvgIpc) is 2.96. The molecule has 1 rings (SSSR count). The third-order valence-electron chi connectivity index (χ3n) is 2.47. The van der Waals surface area contributed by atoms with Gasteiger partial charge in [-0.2, -0.15) is 0 Å². The van der Waals surface area contributed by atoms with Crippen LogP contribution in [0.4, 0.5) is 0 Å². The number of rotatable bonds is 7. The first-order valence-electron chi connectivity index (χ1n) is 5.52. The van der Waals surface area contributed by atoms with Crippen LogP contribution in [-0.2, 0) is 4.79 Å². The molecule has 0 fully saturated rings. The predicted octanol–water partition coefficient (Wildman–Crippen LogP) is -1.69. The largest absolute Gasteiger partial charge is 0.394 e. The first-order chi connectivity index (χ1) is 9.06. The van der Waals surface area contributed by atoms with E-state index in [-0.39, 0.29) is 12.5 Å². The van der Waals surface area contributed by atoms with E-state index in [9.17, 15) is 9.59 Å². The molecule has 19 heavy (non-hydrogen) atoms. The van der Waals surface area contributed by atoms with Crippen LogP contribution in [0.2, 0.25) is 0 Å². The molecule has 5 N–H and O–H groups in total. The molecule has 1 heterocycles. The van der Waals surface area contributed by atoms with E-state index >= 15 is 0 Å². The molecule has 8 heteroatoms. The summed E-state index contributed by atoms with van der Waals surface area (Å²) in [5, 5.41) is 33.5. The van der Waals surface area contributed by atoms with Gasteiger partial charge in [-0.1, -0.05) is 6.07 Å². The lowest BCUT2D eigenvalue weighted by Gasteiger charge is -2.28. The van der Waals surface area contributed by atoms with Crippen LogP contribution >= 0.6 is 11.3 Å². The molecule has 0 aromatic carbocycles. The first kappa shape index (κ1) is 15.6. The molecule has 0 atom stereocenters. The maximum Gasteiger partial charge on any atom is 0.261 e. The van der Waals surface area contributed by atoms with Crippen molar-refractivity contribution in [3.8, 4) is 0 Å². The van der Waals surface area contributed by atoms with Gasteiger partial charge in [-0.15, -0.1) is 11.3 Å². The highest BCUT2D eigenvalue weighted by Crippen LogP contribution is 2.07. The maximum absolute atomic E-state index is 11.6. The van der Waals surface area contributed by atoms with Crippen LogP contribution in [0.5, 0.6) is 0 Å². The van der Waals surface area contributed by atoms with Crippen LogP contribution in [0.1, 0.15) is 9.67 Å². The van der Waals surface area contributed by atoms with E-state index in [1.165, 1.54) is 11.3 Å². The minimum atomic E-state index is -1.48. The first-order valence-corrected chi connectivity index (χ1v) is 6.40. The summed E-state index contributed by atoms with van der Waals surface area (Å²) < 4.78 is 0. The van der Waals surface area contributed by atoms with E-state index in [4.69, 9.17) is 15.3 Å². The Kier molecular flexibility index (Phi) is 5.90. The van der Waals surface area contributed by atoms with Crippen LogP contribution in [0.25, 0.3) is 0 Å². The molecule has 1 aromatic rings. The lowest BCUT2D eigenvalue weighted by atomic mass is 10.0. The Morgan fingerprint density at radius 2 is 1.84 bits per heavy atom. The maximum atomic E-state index is 11.6. The highest BCUT2D eigenvalue weighted by atomic mass is 32.1. The molecule has 0 saturated carbocycles. The van der Waals surface area contributed by atoms with Crippen molar-refractivity contribution in [3.63, 3.8) is 0 Å². The molecule has 0 bridgehead atoms. The standard InChI is InChI=1S/C11H16N2O5S/c14-5-11(6-15,7-16)13-9(17)4-12-10(18)8-2-1-3-19-8/h1-3,14-16H,4-7H2,(H,12,18)(H,13,17). The zero-order chi connectivity index (χ0) is 14.3. The fraction of sp³-hybridized carbons (Fsp3) is 0.455. The highest BCUT2D eigenvalue weighted by molar-refractivity contribution is 7.12. The summed E-state index contributed by atoms with van der Waals surface area (Å²) in [6.07, 6.45) is 0. The summed E-state index contributed by atoms with van der Waals surface area (Å²) >= 11 is 1.25. The lowest BCUT2D eigenvalue weighted by molar-refractivity contribution is -0.124. The van der Waals surface area contributed by atoms with Gasteiger partial charge in [-0.05, 0) is 11.4 Å². The number of hydrogen-bond donors (Lipinski definition) is 5. The number of aliphatic hydroxyl groups excluding tert-OH is 3. The number of carbonyl (C=O) groups excluding carboxylic acids is 2. The van der Waals surface area contributed by atoms with E-state index in [1.54, 1.807) is 17.5 Å². The van der Waals surface area contributed by atoms with Crippen LogP contribution < -0.4 is 10.6 Å². The minimum absolute atomic E-state index is 0.307. The monoisotopic (exact) mass is 288 g/mol. The van der Waals surface area contributed by atoms with Crippen molar-refractivity contribution in [1.82, 2.24) is 10.6 Å². The van der Waals surface area contributed by atoms with Crippen LogP contribution in [0.3, 0.4) is 0 Å². The summed E-state index contributed by atoms with van der Waals surface area (Å²) in [5.41, 5.74) is -1.48. The van der Waals surface area contributed by atoms with Crippen molar-refractivity contribution in [2.75, 3.05) is 26.4 Å². The molecule has 2 amide bonds. The number of thiophene rings is 1. The van der Waals surface area contributed by atoms with E-state index in [2.05, 4.69) is 10.6 Å². The number of aliphatic hydroxyl groups is 3. The van der Waals surface area contributed by atoms with Gasteiger partial charge in [0.25, 0.3) is 5.91 Å². The van der Waals surface area contributed by atoms with E-state index in [1.807, 2.05) is 0 Å². The number of carbonyl (C=O) groups is 2. The Bertz CT molecular complexity index is 408. The minimum Gasteiger partial charge on any atom is -0.394 e. The lowest BCUT2D eigenvalue weighted by Crippen LogP contribution is -2.58. The fourth-order valence-electron chi connectivity index (χ4n) is 1.26. The van der Waals surface area contributed by atoms with Gasteiger partial charge in [0.2, 0.25) is 5.91 Å². The molecule has 0 saturated heterocycles. The Balaban J connectivity index is 2.45. The average molecular weight is 288 g/mol. The summed E-state index contributed by atoms with van der Waals surface area (Å²) in [4.78, 5) is 23.6. The Labute approximate surface area is 113 Å². The van der Waals surface area contributed by atoms with Crippen LogP contribution in [-0.4, -0.2) is 59.0 Å². The molecule has 0 spiro atoms. The van der Waals surface area contributed by atoms with Gasteiger partial charge in [0, 0.05) is 0 Å². The van der Waals surface area contributed by atoms with Gasteiger partial charge in [0.05, 0.1) is 31.2 Å².